The molecule has 19 heavy (non-hydrogen) atoms. The van der Waals surface area contributed by atoms with E-state index in [-0.39, 0.29) is 24.4 Å². The second kappa shape index (κ2) is 6.08. The molecule has 0 spiro atoms. The Morgan fingerprint density at radius 2 is 2.05 bits per heavy atom. The molecule has 0 aromatic carbocycles. The van der Waals surface area contributed by atoms with Gasteiger partial charge in [0.1, 0.15) is 0 Å². The van der Waals surface area contributed by atoms with E-state index in [4.69, 9.17) is 9.47 Å². The summed E-state index contributed by atoms with van der Waals surface area (Å²) < 4.78 is 11.7. The van der Waals surface area contributed by atoms with Crippen molar-refractivity contribution in [1.82, 2.24) is 0 Å². The molecular formula is C15H28O3Si. The van der Waals surface area contributed by atoms with Crippen molar-refractivity contribution in [3.8, 4) is 0 Å². The van der Waals surface area contributed by atoms with E-state index in [1.54, 1.807) is 0 Å². The van der Waals surface area contributed by atoms with Crippen LogP contribution < -0.4 is 0 Å². The first-order valence-electron chi connectivity index (χ1n) is 7.50. The largest absolute Gasteiger partial charge is 0.390 e. The maximum atomic E-state index is 10.2. The van der Waals surface area contributed by atoms with Crippen LogP contribution in [0.2, 0.25) is 19.6 Å². The molecule has 2 heterocycles. The maximum absolute atomic E-state index is 10.2. The van der Waals surface area contributed by atoms with Crippen LogP contribution in [0.5, 0.6) is 0 Å². The zero-order chi connectivity index (χ0) is 14.0. The number of hydrogen-bond acceptors (Lipinski definition) is 3. The van der Waals surface area contributed by atoms with Crippen LogP contribution in [0.3, 0.4) is 0 Å². The lowest BCUT2D eigenvalue weighted by Crippen LogP contribution is -2.50. The topological polar surface area (TPSA) is 38.7 Å². The molecule has 0 aromatic rings. The van der Waals surface area contributed by atoms with Gasteiger partial charge in [0, 0.05) is 13.0 Å². The Labute approximate surface area is 118 Å². The second-order valence-corrected chi connectivity index (χ2v) is 12.2. The van der Waals surface area contributed by atoms with Crippen molar-refractivity contribution in [2.24, 2.45) is 0 Å². The van der Waals surface area contributed by atoms with E-state index in [1.165, 1.54) is 5.20 Å². The molecule has 0 unspecified atom stereocenters. The van der Waals surface area contributed by atoms with E-state index >= 15 is 0 Å². The van der Waals surface area contributed by atoms with Gasteiger partial charge in [-0.3, -0.25) is 0 Å². The first-order chi connectivity index (χ1) is 8.88. The third-order valence-corrected chi connectivity index (χ3v) is 7.04. The molecule has 0 aromatic heterocycles. The van der Waals surface area contributed by atoms with Crippen molar-refractivity contribution in [1.29, 1.82) is 0 Å². The van der Waals surface area contributed by atoms with Gasteiger partial charge in [-0.05, 0) is 26.2 Å². The first-order valence-corrected chi connectivity index (χ1v) is 11.0. The lowest BCUT2D eigenvalue weighted by Gasteiger charge is -2.41. The predicted molar refractivity (Wildman–Crippen MR) is 80.0 cm³/mol. The fourth-order valence-corrected chi connectivity index (χ4v) is 3.43. The number of hydrogen-bond donors (Lipinski definition) is 1. The fourth-order valence-electron chi connectivity index (χ4n) is 2.70. The minimum Gasteiger partial charge on any atom is -0.390 e. The average molecular weight is 284 g/mol. The highest BCUT2D eigenvalue weighted by Crippen LogP contribution is 2.30. The van der Waals surface area contributed by atoms with Crippen LogP contribution in [0.15, 0.2) is 11.3 Å². The maximum Gasteiger partial charge on any atom is 0.0874 e. The van der Waals surface area contributed by atoms with Crippen molar-refractivity contribution in [3.05, 3.63) is 11.3 Å². The first kappa shape index (κ1) is 15.2. The average Bonchev–Trinajstić information content (AvgIpc) is 2.34. The summed E-state index contributed by atoms with van der Waals surface area (Å²) in [6.07, 6.45) is 5.88. The lowest BCUT2D eigenvalue weighted by molar-refractivity contribution is -0.200. The zero-order valence-corrected chi connectivity index (χ0v) is 13.7. The van der Waals surface area contributed by atoms with Gasteiger partial charge < -0.3 is 14.6 Å². The van der Waals surface area contributed by atoms with Gasteiger partial charge in [0.05, 0.1) is 32.5 Å². The van der Waals surface area contributed by atoms with Crippen molar-refractivity contribution >= 4 is 8.07 Å². The van der Waals surface area contributed by atoms with Crippen LogP contribution in [-0.2, 0) is 9.47 Å². The summed E-state index contributed by atoms with van der Waals surface area (Å²) in [6, 6.07) is 0. The Balaban J connectivity index is 1.93. The molecule has 2 aliphatic rings. The van der Waals surface area contributed by atoms with Gasteiger partial charge in [-0.25, -0.2) is 0 Å². The summed E-state index contributed by atoms with van der Waals surface area (Å²) in [5.41, 5.74) is 0. The summed E-state index contributed by atoms with van der Waals surface area (Å²) in [4.78, 5) is 0. The third-order valence-electron chi connectivity index (χ3n) is 4.47. The van der Waals surface area contributed by atoms with Crippen molar-refractivity contribution < 1.29 is 14.6 Å². The number of allylic oxidation sites excluding steroid dienone is 1. The summed E-state index contributed by atoms with van der Waals surface area (Å²) >= 11 is 0. The van der Waals surface area contributed by atoms with E-state index in [0.29, 0.717) is 0 Å². The molecule has 0 aliphatic carbocycles. The standard InChI is InChI=1S/C15H28O3Si/c1-11(19(2,3)4)7-8-13-12(16)10-15-14(18-13)6-5-9-17-15/h7,12-16H,5-6,8-10H2,1-4H3/b11-7-/t12-,13+,14-,15+/m1/s1. The van der Waals surface area contributed by atoms with Crippen LogP contribution >= 0.6 is 0 Å². The molecule has 1 N–H and O–H groups in total. The highest BCUT2D eigenvalue weighted by atomic mass is 28.3. The highest BCUT2D eigenvalue weighted by Gasteiger charge is 2.38. The molecule has 2 rings (SSSR count). The Morgan fingerprint density at radius 3 is 2.74 bits per heavy atom. The minimum atomic E-state index is -1.20. The van der Waals surface area contributed by atoms with Crippen LogP contribution in [0.1, 0.15) is 32.6 Å². The number of rotatable bonds is 3. The lowest BCUT2D eigenvalue weighted by atomic mass is 9.92. The zero-order valence-electron chi connectivity index (χ0n) is 12.7. The number of aliphatic hydroxyl groups excluding tert-OH is 1. The molecular weight excluding hydrogens is 256 g/mol. The SMILES string of the molecule is C/C(=C/C[C@@H]1O[C@@H]2CCCO[C@H]2C[C@H]1O)[Si](C)(C)C. The molecule has 0 radical (unpaired) electrons. The highest BCUT2D eigenvalue weighted by molar-refractivity contribution is 6.82. The molecule has 0 saturated carbocycles. The third kappa shape index (κ3) is 3.91. The van der Waals surface area contributed by atoms with Crippen LogP contribution in [0, 0.1) is 0 Å². The van der Waals surface area contributed by atoms with E-state index in [0.717, 1.165) is 32.3 Å². The van der Waals surface area contributed by atoms with Gasteiger partial charge in [0.15, 0.2) is 0 Å². The molecule has 4 atom stereocenters. The molecule has 2 saturated heterocycles. The van der Waals surface area contributed by atoms with E-state index < -0.39 is 8.07 Å². The number of ether oxygens (including phenoxy) is 2. The number of fused-ring (bicyclic) bond motifs is 1. The van der Waals surface area contributed by atoms with Gasteiger partial charge >= 0.3 is 0 Å². The Hall–Kier alpha value is -0.163. The summed E-state index contributed by atoms with van der Waals surface area (Å²) in [7, 11) is -1.20. The smallest absolute Gasteiger partial charge is 0.0874 e. The van der Waals surface area contributed by atoms with E-state index in [2.05, 4.69) is 32.6 Å². The normalized spacial score (nSPS) is 37.0. The summed E-state index contributed by atoms with van der Waals surface area (Å²) in [5.74, 6) is 0. The molecule has 2 aliphatic heterocycles. The van der Waals surface area contributed by atoms with Gasteiger partial charge in [-0.2, -0.15) is 0 Å². The molecule has 110 valence electrons. The minimum absolute atomic E-state index is 0.0470. The molecule has 3 nitrogen and oxygen atoms in total. The quantitative estimate of drug-likeness (QED) is 0.810. The molecule has 2 fully saturated rings. The molecule has 0 bridgehead atoms. The Bertz CT molecular complexity index is 335. The van der Waals surface area contributed by atoms with E-state index in [9.17, 15) is 5.11 Å². The van der Waals surface area contributed by atoms with E-state index in [1.807, 2.05) is 0 Å². The Kier molecular flexibility index (Phi) is 4.87. The monoisotopic (exact) mass is 284 g/mol. The second-order valence-electron chi connectivity index (χ2n) is 6.94. The predicted octanol–water partition coefficient (Wildman–Crippen LogP) is 2.90. The fraction of sp³-hybridized carbons (Fsp3) is 0.867. The van der Waals surface area contributed by atoms with Crippen molar-refractivity contribution in [2.45, 2.75) is 76.7 Å². The Morgan fingerprint density at radius 1 is 1.32 bits per heavy atom. The van der Waals surface area contributed by atoms with Crippen LogP contribution in [0.25, 0.3) is 0 Å². The van der Waals surface area contributed by atoms with Crippen molar-refractivity contribution in [2.75, 3.05) is 6.61 Å². The summed E-state index contributed by atoms with van der Waals surface area (Å²) in [6.45, 7) is 10.1. The van der Waals surface area contributed by atoms with Gasteiger partial charge in [-0.15, -0.1) is 0 Å². The molecule has 4 heteroatoms. The molecule has 0 amide bonds. The number of aliphatic hydroxyl groups is 1. The summed E-state index contributed by atoms with van der Waals surface area (Å²) in [5, 5.41) is 11.7. The van der Waals surface area contributed by atoms with Gasteiger partial charge in [-0.1, -0.05) is 30.9 Å². The van der Waals surface area contributed by atoms with Crippen molar-refractivity contribution in [3.63, 3.8) is 0 Å². The van der Waals surface area contributed by atoms with Gasteiger partial charge in [0.25, 0.3) is 0 Å². The van der Waals surface area contributed by atoms with Crippen LogP contribution in [0.4, 0.5) is 0 Å². The van der Waals surface area contributed by atoms with Crippen LogP contribution in [-0.4, -0.2) is 44.2 Å². The van der Waals surface area contributed by atoms with Gasteiger partial charge in [0.2, 0.25) is 0 Å².